The van der Waals surface area contributed by atoms with Crippen LogP contribution in [0.25, 0.3) is 0 Å². The minimum absolute atomic E-state index is 0.0478. The fourth-order valence-electron chi connectivity index (χ4n) is 7.48. The Balaban J connectivity index is 1.13. The molecule has 5 heterocycles. The Hall–Kier alpha value is -3.08. The van der Waals surface area contributed by atoms with Gasteiger partial charge in [0.15, 0.2) is 0 Å². The van der Waals surface area contributed by atoms with Crippen molar-refractivity contribution in [1.29, 1.82) is 0 Å². The maximum atomic E-state index is 14.1. The minimum Gasteiger partial charge on any atom is -0.397 e. The lowest BCUT2D eigenvalue weighted by molar-refractivity contribution is -0.137. The van der Waals surface area contributed by atoms with Crippen molar-refractivity contribution in [2.75, 3.05) is 70.5 Å². The summed E-state index contributed by atoms with van der Waals surface area (Å²) in [7, 11) is 2.13. The number of halogens is 4. The molecule has 2 aromatic rings. The standard InChI is InChI=1S/C33H44BrF3N8O3S/c1-41-7-2-8-42(14-13-41)23-3-9-43(10-4-23)30(46)27(17-21-15-25(33(35,36)37)29(38)26(34)16-21)39-31(47)44-11-5-24(6-12-44)45-18-22-19-49-20-28(22)40-32(45)48/h15-16,19-20,23-24,27H,2-14,17-18,38H2,1H3,(H,39,47)(H,40,48)/t27-/m1/s1. The van der Waals surface area contributed by atoms with Crippen LogP contribution in [0.3, 0.4) is 0 Å². The van der Waals surface area contributed by atoms with E-state index in [1.54, 1.807) is 14.7 Å². The first-order valence-corrected chi connectivity index (χ1v) is 18.7. The van der Waals surface area contributed by atoms with Gasteiger partial charge < -0.3 is 36.0 Å². The number of fused-ring (bicyclic) bond motifs is 1. The minimum atomic E-state index is -4.68. The van der Waals surface area contributed by atoms with Crippen molar-refractivity contribution in [2.24, 2.45) is 0 Å². The number of piperidine rings is 2. The lowest BCUT2D eigenvalue weighted by Gasteiger charge is -2.41. The van der Waals surface area contributed by atoms with Gasteiger partial charge in [-0.25, -0.2) is 9.59 Å². The van der Waals surface area contributed by atoms with Crippen molar-refractivity contribution in [3.63, 3.8) is 0 Å². The highest BCUT2D eigenvalue weighted by molar-refractivity contribution is 9.10. The molecule has 4 aliphatic rings. The predicted molar refractivity (Wildman–Crippen MR) is 186 cm³/mol. The highest BCUT2D eigenvalue weighted by Gasteiger charge is 2.38. The number of rotatable bonds is 6. The van der Waals surface area contributed by atoms with Gasteiger partial charge in [0, 0.05) is 73.2 Å². The highest BCUT2D eigenvalue weighted by Crippen LogP contribution is 2.38. The summed E-state index contributed by atoms with van der Waals surface area (Å²) in [6.07, 6.45) is -0.983. The lowest BCUT2D eigenvalue weighted by atomic mass is 9.98. The average molecular weight is 770 g/mol. The molecule has 16 heteroatoms. The molecule has 4 N–H and O–H groups in total. The first-order chi connectivity index (χ1) is 23.4. The van der Waals surface area contributed by atoms with Gasteiger partial charge in [-0.05, 0) is 91.2 Å². The molecule has 0 unspecified atom stereocenters. The number of hydrogen-bond acceptors (Lipinski definition) is 7. The summed E-state index contributed by atoms with van der Waals surface area (Å²) in [5, 5.41) is 9.76. The number of hydrogen-bond donors (Lipinski definition) is 3. The molecule has 0 spiro atoms. The van der Waals surface area contributed by atoms with Crippen LogP contribution in [-0.4, -0.2) is 120 Å². The second-order valence-corrected chi connectivity index (χ2v) is 15.2. The Morgan fingerprint density at radius 1 is 1.00 bits per heavy atom. The third kappa shape index (κ3) is 8.29. The number of urea groups is 2. The molecule has 0 radical (unpaired) electrons. The Bertz CT molecular complexity index is 1530. The summed E-state index contributed by atoms with van der Waals surface area (Å²) in [6, 6.07) is 1.08. The molecule has 0 saturated carbocycles. The Labute approximate surface area is 297 Å². The molecule has 5 amide bonds. The van der Waals surface area contributed by atoms with Crippen molar-refractivity contribution >= 4 is 56.6 Å². The number of likely N-dealkylation sites (tertiary alicyclic amines) is 2. The second-order valence-electron chi connectivity index (χ2n) is 13.6. The van der Waals surface area contributed by atoms with E-state index in [0.717, 1.165) is 62.8 Å². The SMILES string of the molecule is CN1CCCN(C2CCN(C(=O)[C@@H](Cc3cc(Br)c(N)c(C(F)(F)F)c3)NC(=O)N3CCC(N4Cc5cscc5NC4=O)CC3)CC2)CC1. The Morgan fingerprint density at radius 2 is 1.69 bits per heavy atom. The summed E-state index contributed by atoms with van der Waals surface area (Å²) in [6.45, 7) is 6.35. The van der Waals surface area contributed by atoms with Crippen molar-refractivity contribution in [3.8, 4) is 0 Å². The number of alkyl halides is 3. The maximum Gasteiger partial charge on any atom is 0.418 e. The first-order valence-electron chi connectivity index (χ1n) is 16.9. The van der Waals surface area contributed by atoms with E-state index in [0.29, 0.717) is 51.6 Å². The number of thiophene rings is 1. The molecule has 49 heavy (non-hydrogen) atoms. The topological polar surface area (TPSA) is 117 Å². The smallest absolute Gasteiger partial charge is 0.397 e. The van der Waals surface area contributed by atoms with Crippen LogP contribution >= 0.6 is 27.3 Å². The molecule has 0 bridgehead atoms. The monoisotopic (exact) mass is 768 g/mol. The average Bonchev–Trinajstić information content (AvgIpc) is 3.42. The third-order valence-corrected chi connectivity index (χ3v) is 11.8. The number of benzene rings is 1. The van der Waals surface area contributed by atoms with E-state index in [1.165, 1.54) is 17.4 Å². The molecule has 6 rings (SSSR count). The molecule has 268 valence electrons. The van der Waals surface area contributed by atoms with Gasteiger partial charge in [0.25, 0.3) is 0 Å². The van der Waals surface area contributed by atoms with Gasteiger partial charge in [0.1, 0.15) is 6.04 Å². The van der Waals surface area contributed by atoms with Crippen LogP contribution in [0, 0.1) is 0 Å². The normalized spacial score (nSPS) is 21.2. The van der Waals surface area contributed by atoms with E-state index in [-0.39, 0.29) is 34.4 Å². The summed E-state index contributed by atoms with van der Waals surface area (Å²) in [5.74, 6) is -0.310. The van der Waals surface area contributed by atoms with Gasteiger partial charge in [0.05, 0.1) is 23.5 Å². The van der Waals surface area contributed by atoms with Crippen LogP contribution in [0.4, 0.5) is 34.1 Å². The van der Waals surface area contributed by atoms with E-state index in [1.807, 2.05) is 10.8 Å². The van der Waals surface area contributed by atoms with Crippen LogP contribution < -0.4 is 16.4 Å². The molecular weight excluding hydrogens is 725 g/mol. The number of carbonyl (C=O) groups excluding carboxylic acids is 3. The summed E-state index contributed by atoms with van der Waals surface area (Å²) < 4.78 is 41.6. The number of anilines is 2. The number of likely N-dealkylation sites (N-methyl/N-ethyl adjacent to an activating group) is 1. The predicted octanol–water partition coefficient (Wildman–Crippen LogP) is 4.87. The van der Waals surface area contributed by atoms with Gasteiger partial charge in [-0.3, -0.25) is 9.69 Å². The van der Waals surface area contributed by atoms with E-state index in [2.05, 4.69) is 43.4 Å². The van der Waals surface area contributed by atoms with E-state index < -0.39 is 29.5 Å². The quantitative estimate of drug-likeness (QED) is 0.362. The summed E-state index contributed by atoms with van der Waals surface area (Å²) in [5.41, 5.74) is 6.48. The number of nitrogens with zero attached hydrogens (tertiary/aromatic N) is 5. The molecule has 0 aliphatic carbocycles. The third-order valence-electron chi connectivity index (χ3n) is 10.4. The number of amides is 5. The van der Waals surface area contributed by atoms with Crippen LogP contribution in [-0.2, 0) is 23.9 Å². The summed E-state index contributed by atoms with van der Waals surface area (Å²) in [4.78, 5) is 50.5. The fraction of sp³-hybridized carbons (Fsp3) is 0.606. The largest absolute Gasteiger partial charge is 0.418 e. The Kier molecular flexibility index (Phi) is 11.0. The molecule has 1 aromatic heterocycles. The van der Waals surface area contributed by atoms with Crippen molar-refractivity contribution in [3.05, 3.63) is 44.1 Å². The molecule has 4 aliphatic heterocycles. The van der Waals surface area contributed by atoms with Crippen LogP contribution in [0.1, 0.15) is 48.8 Å². The van der Waals surface area contributed by atoms with E-state index in [9.17, 15) is 27.6 Å². The van der Waals surface area contributed by atoms with Gasteiger partial charge in [-0.15, -0.1) is 11.3 Å². The molecule has 1 atom stereocenters. The zero-order valence-corrected chi connectivity index (χ0v) is 30.0. The van der Waals surface area contributed by atoms with Crippen molar-refractivity contribution in [2.45, 2.75) is 69.4 Å². The number of nitrogens with two attached hydrogens (primary N) is 1. The van der Waals surface area contributed by atoms with Gasteiger partial charge >= 0.3 is 18.2 Å². The number of carbonyl (C=O) groups is 3. The molecule has 1 aromatic carbocycles. The maximum absolute atomic E-state index is 14.1. The van der Waals surface area contributed by atoms with Crippen LogP contribution in [0.5, 0.6) is 0 Å². The molecule has 3 saturated heterocycles. The van der Waals surface area contributed by atoms with Crippen LogP contribution in [0.2, 0.25) is 0 Å². The van der Waals surface area contributed by atoms with E-state index in [4.69, 9.17) is 5.73 Å². The van der Waals surface area contributed by atoms with Gasteiger partial charge in [-0.1, -0.05) is 0 Å². The van der Waals surface area contributed by atoms with Gasteiger partial charge in [0.2, 0.25) is 5.91 Å². The second kappa shape index (κ2) is 15.0. The zero-order valence-electron chi connectivity index (χ0n) is 27.6. The Morgan fingerprint density at radius 3 is 2.41 bits per heavy atom. The molecule has 11 nitrogen and oxygen atoms in total. The number of nitrogens with one attached hydrogen (secondary N) is 2. The zero-order chi connectivity index (χ0) is 34.9. The highest BCUT2D eigenvalue weighted by atomic mass is 79.9. The lowest BCUT2D eigenvalue weighted by Crippen LogP contribution is -2.57. The fourth-order valence-corrected chi connectivity index (χ4v) is 8.77. The first kappa shape index (κ1) is 35.7. The van der Waals surface area contributed by atoms with Crippen LogP contribution in [0.15, 0.2) is 27.4 Å². The summed E-state index contributed by atoms with van der Waals surface area (Å²) >= 11 is 4.69. The van der Waals surface area contributed by atoms with Gasteiger partial charge in [-0.2, -0.15) is 13.2 Å². The van der Waals surface area contributed by atoms with Crippen molar-refractivity contribution in [1.82, 2.24) is 29.8 Å². The molecule has 3 fully saturated rings. The number of nitrogen functional groups attached to an aromatic ring is 1. The van der Waals surface area contributed by atoms with Crippen molar-refractivity contribution < 1.29 is 27.6 Å². The molecular formula is C33H44BrF3N8O3S. The van der Waals surface area contributed by atoms with E-state index >= 15 is 0 Å².